The Hall–Kier alpha value is -2.38. The zero-order valence-corrected chi connectivity index (χ0v) is 21.6. The van der Waals surface area contributed by atoms with Crippen LogP contribution in [0.2, 0.25) is 0 Å². The van der Waals surface area contributed by atoms with Crippen molar-refractivity contribution in [1.82, 2.24) is 5.32 Å². The van der Waals surface area contributed by atoms with Gasteiger partial charge >= 0.3 is 5.97 Å². The minimum absolute atomic E-state index is 0.198. The summed E-state index contributed by atoms with van der Waals surface area (Å²) in [5.74, 6) is -0.705. The number of carbonyl (C=O) groups is 2. The third-order valence-electron chi connectivity index (χ3n) is 6.76. The van der Waals surface area contributed by atoms with E-state index in [1.807, 2.05) is 39.8 Å². The van der Waals surface area contributed by atoms with E-state index in [2.05, 4.69) is 31.3 Å². The van der Waals surface area contributed by atoms with E-state index in [9.17, 15) is 14.7 Å². The molecule has 1 heterocycles. The van der Waals surface area contributed by atoms with Crippen molar-refractivity contribution >= 4 is 23.2 Å². The SMILES string of the molecule is CCC(CC)(c1ccc(OCC(C)(O)C(C)(C)C)c(C)c1)c1ccc(C(=O)NCC(=O)O)s1. The van der Waals surface area contributed by atoms with Crippen LogP contribution >= 0.6 is 11.3 Å². The molecule has 1 atom stereocenters. The van der Waals surface area contributed by atoms with Gasteiger partial charge < -0.3 is 20.3 Å². The molecule has 0 radical (unpaired) electrons. The number of aliphatic hydroxyl groups is 1. The molecular weight excluding hydrogens is 438 g/mol. The minimum atomic E-state index is -1.07. The van der Waals surface area contributed by atoms with Crippen molar-refractivity contribution in [2.24, 2.45) is 5.41 Å². The molecule has 1 unspecified atom stereocenters. The highest BCUT2D eigenvalue weighted by atomic mass is 32.1. The van der Waals surface area contributed by atoms with Gasteiger partial charge in [-0.05, 0) is 61.4 Å². The molecule has 0 bridgehead atoms. The van der Waals surface area contributed by atoms with E-state index in [4.69, 9.17) is 9.84 Å². The predicted molar refractivity (Wildman–Crippen MR) is 132 cm³/mol. The van der Waals surface area contributed by atoms with Gasteiger partial charge in [-0.3, -0.25) is 9.59 Å². The second kappa shape index (κ2) is 10.3. The van der Waals surface area contributed by atoms with Gasteiger partial charge in [0.15, 0.2) is 0 Å². The summed E-state index contributed by atoms with van der Waals surface area (Å²) in [7, 11) is 0. The number of carboxylic acids is 1. The highest BCUT2D eigenvalue weighted by Crippen LogP contribution is 2.43. The number of nitrogens with one attached hydrogen (secondary N) is 1. The van der Waals surface area contributed by atoms with Crippen molar-refractivity contribution < 1.29 is 24.5 Å². The second-order valence-electron chi connectivity index (χ2n) is 9.82. The van der Waals surface area contributed by atoms with Crippen LogP contribution in [0, 0.1) is 12.3 Å². The summed E-state index contributed by atoms with van der Waals surface area (Å²) >= 11 is 1.40. The highest BCUT2D eigenvalue weighted by Gasteiger charge is 2.37. The van der Waals surface area contributed by atoms with Crippen LogP contribution < -0.4 is 10.1 Å². The van der Waals surface area contributed by atoms with Crippen LogP contribution in [0.3, 0.4) is 0 Å². The first-order chi connectivity index (χ1) is 15.3. The van der Waals surface area contributed by atoms with Crippen molar-refractivity contribution in [3.05, 3.63) is 51.2 Å². The van der Waals surface area contributed by atoms with E-state index in [0.29, 0.717) is 4.88 Å². The van der Waals surface area contributed by atoms with Crippen molar-refractivity contribution in [2.45, 2.75) is 72.3 Å². The number of hydrogen-bond acceptors (Lipinski definition) is 5. The molecule has 1 amide bonds. The van der Waals surface area contributed by atoms with E-state index in [1.165, 1.54) is 11.3 Å². The van der Waals surface area contributed by atoms with Gasteiger partial charge in [0.25, 0.3) is 5.91 Å². The smallest absolute Gasteiger partial charge is 0.322 e. The summed E-state index contributed by atoms with van der Waals surface area (Å²) in [6.45, 7) is 13.8. The van der Waals surface area contributed by atoms with Gasteiger partial charge in [-0.25, -0.2) is 0 Å². The van der Waals surface area contributed by atoms with Crippen LogP contribution in [-0.2, 0) is 10.2 Å². The molecule has 6 nitrogen and oxygen atoms in total. The third-order valence-corrected chi connectivity index (χ3v) is 8.05. The van der Waals surface area contributed by atoms with Crippen LogP contribution in [0.1, 0.15) is 80.1 Å². The predicted octanol–water partition coefficient (Wildman–Crippen LogP) is 5.15. The second-order valence-corrected chi connectivity index (χ2v) is 10.9. The van der Waals surface area contributed by atoms with Gasteiger partial charge in [-0.2, -0.15) is 0 Å². The first-order valence-corrected chi connectivity index (χ1v) is 12.2. The molecule has 33 heavy (non-hydrogen) atoms. The number of thiophene rings is 1. The number of hydrogen-bond donors (Lipinski definition) is 3. The largest absolute Gasteiger partial charge is 0.490 e. The number of ether oxygens (including phenoxy) is 1. The molecule has 0 aliphatic heterocycles. The van der Waals surface area contributed by atoms with E-state index < -0.39 is 18.1 Å². The fourth-order valence-corrected chi connectivity index (χ4v) is 4.93. The molecule has 1 aromatic heterocycles. The summed E-state index contributed by atoms with van der Waals surface area (Å²) in [5.41, 5.74) is 0.576. The molecule has 182 valence electrons. The molecule has 0 aliphatic rings. The van der Waals surface area contributed by atoms with E-state index >= 15 is 0 Å². The lowest BCUT2D eigenvalue weighted by molar-refractivity contribution is -0.135. The van der Waals surface area contributed by atoms with Crippen LogP contribution in [0.4, 0.5) is 0 Å². The summed E-state index contributed by atoms with van der Waals surface area (Å²) in [6, 6.07) is 9.87. The van der Waals surface area contributed by atoms with E-state index in [1.54, 1.807) is 13.0 Å². The summed E-state index contributed by atoms with van der Waals surface area (Å²) in [4.78, 5) is 24.6. The van der Waals surface area contributed by atoms with Gasteiger partial charge in [0.2, 0.25) is 0 Å². The van der Waals surface area contributed by atoms with Gasteiger partial charge in [-0.15, -0.1) is 11.3 Å². The Balaban J connectivity index is 2.31. The Kier molecular flexibility index (Phi) is 8.36. The van der Waals surface area contributed by atoms with Crippen molar-refractivity contribution in [3.63, 3.8) is 0 Å². The lowest BCUT2D eigenvalue weighted by Crippen LogP contribution is -2.45. The molecule has 0 aliphatic carbocycles. The normalized spacial score (nSPS) is 13.9. The quantitative estimate of drug-likeness (QED) is 0.441. The number of carbonyl (C=O) groups excluding carboxylic acids is 1. The van der Waals surface area contributed by atoms with Crippen molar-refractivity contribution in [2.75, 3.05) is 13.2 Å². The van der Waals surface area contributed by atoms with E-state index in [0.717, 1.165) is 34.6 Å². The summed E-state index contributed by atoms with van der Waals surface area (Å²) in [5, 5.41) is 22.0. The third kappa shape index (κ3) is 5.95. The molecule has 2 rings (SSSR count). The number of aryl methyl sites for hydroxylation is 1. The maximum Gasteiger partial charge on any atom is 0.322 e. The maximum absolute atomic E-state index is 12.3. The molecule has 0 fully saturated rings. The highest BCUT2D eigenvalue weighted by molar-refractivity contribution is 7.14. The molecule has 1 aromatic carbocycles. The first kappa shape index (κ1) is 26.9. The average molecular weight is 476 g/mol. The number of amides is 1. The fourth-order valence-electron chi connectivity index (χ4n) is 3.65. The van der Waals surface area contributed by atoms with Gasteiger partial charge in [0.1, 0.15) is 24.5 Å². The summed E-state index contributed by atoms with van der Waals surface area (Å²) in [6.07, 6.45) is 1.69. The molecule has 3 N–H and O–H groups in total. The monoisotopic (exact) mass is 475 g/mol. The molecular formula is C26H37NO5S. The number of carboxylic acid groups (broad SMARTS) is 1. The molecule has 2 aromatic rings. The van der Waals surface area contributed by atoms with Crippen LogP contribution in [0.5, 0.6) is 5.75 Å². The van der Waals surface area contributed by atoms with Crippen LogP contribution in [-0.4, -0.2) is 40.8 Å². The molecule has 0 saturated carbocycles. The molecule has 0 saturated heterocycles. The molecule has 0 spiro atoms. The fraction of sp³-hybridized carbons (Fsp3) is 0.538. The van der Waals surface area contributed by atoms with Gasteiger partial charge in [0, 0.05) is 10.3 Å². The maximum atomic E-state index is 12.3. The van der Waals surface area contributed by atoms with Crippen molar-refractivity contribution in [3.8, 4) is 5.75 Å². The molecule has 7 heteroatoms. The Labute approximate surface area is 201 Å². The van der Waals surface area contributed by atoms with Crippen molar-refractivity contribution in [1.29, 1.82) is 0 Å². The number of rotatable bonds is 10. The number of benzene rings is 1. The zero-order chi connectivity index (χ0) is 25.0. The van der Waals surface area contributed by atoms with Crippen LogP contribution in [0.15, 0.2) is 30.3 Å². The Morgan fingerprint density at radius 3 is 2.21 bits per heavy atom. The lowest BCUT2D eigenvalue weighted by Gasteiger charge is -2.37. The van der Waals surface area contributed by atoms with Crippen LogP contribution in [0.25, 0.3) is 0 Å². The first-order valence-electron chi connectivity index (χ1n) is 11.3. The lowest BCUT2D eigenvalue weighted by atomic mass is 9.74. The number of aliphatic carboxylic acids is 1. The Morgan fingerprint density at radius 1 is 1.06 bits per heavy atom. The van der Waals surface area contributed by atoms with Gasteiger partial charge in [0.05, 0.1) is 4.88 Å². The minimum Gasteiger partial charge on any atom is -0.490 e. The Bertz CT molecular complexity index is 983. The standard InChI is InChI=1S/C26H37NO5S/c1-8-26(9-2,21-13-12-20(33-21)23(30)27-15-22(28)29)18-10-11-19(17(3)14-18)32-16-25(7,31)24(4,5)6/h10-14,31H,8-9,15-16H2,1-7H3,(H,27,30)(H,28,29). The zero-order valence-electron chi connectivity index (χ0n) is 20.7. The van der Waals surface area contributed by atoms with Gasteiger partial charge in [-0.1, -0.05) is 46.8 Å². The summed E-state index contributed by atoms with van der Waals surface area (Å²) < 4.78 is 6.00. The average Bonchev–Trinajstić information content (AvgIpc) is 3.22. The topological polar surface area (TPSA) is 95.9 Å². The van der Waals surface area contributed by atoms with E-state index in [-0.39, 0.29) is 23.3 Å². The Morgan fingerprint density at radius 2 is 1.70 bits per heavy atom.